The van der Waals surface area contributed by atoms with Crippen LogP contribution in [0.1, 0.15) is 0 Å². The van der Waals surface area contributed by atoms with Gasteiger partial charge in [-0.05, 0) is 0 Å². The number of nitrogens with two attached hydrogens (primary N) is 2. The van der Waals surface area contributed by atoms with Crippen LogP contribution in [-0.2, 0) is 7.05 Å². The van der Waals surface area contributed by atoms with Gasteiger partial charge in [-0.15, -0.1) is 0 Å². The molecule has 0 saturated heterocycles. The van der Waals surface area contributed by atoms with Crippen molar-refractivity contribution in [2.24, 2.45) is 7.05 Å². The number of aliphatic hydroxyl groups is 2. The Hall–Kier alpha value is -1.86. The summed E-state index contributed by atoms with van der Waals surface area (Å²) in [5, 5.41) is 19.9. The van der Waals surface area contributed by atoms with Gasteiger partial charge in [0.05, 0.1) is 37.3 Å². The van der Waals surface area contributed by atoms with E-state index in [1.165, 1.54) is 0 Å². The first kappa shape index (κ1) is 12.6. The quantitative estimate of drug-likeness (QED) is 0.551. The first-order chi connectivity index (χ1) is 8.60. The highest BCUT2D eigenvalue weighted by Gasteiger charge is 2.16. The van der Waals surface area contributed by atoms with Gasteiger partial charge in [0, 0.05) is 19.2 Å². The van der Waals surface area contributed by atoms with E-state index in [1.807, 2.05) is 23.7 Å². The van der Waals surface area contributed by atoms with Gasteiger partial charge in [-0.1, -0.05) is 0 Å². The van der Waals surface area contributed by atoms with Crippen LogP contribution in [0.4, 0.5) is 11.6 Å². The molecule has 0 aromatic carbocycles. The maximum Gasteiger partial charge on any atom is 0.125 e. The number of aryl methyl sites for hydroxylation is 1. The third-order valence-electron chi connectivity index (χ3n) is 3.05. The molecule has 0 unspecified atom stereocenters. The fourth-order valence-corrected chi connectivity index (χ4v) is 2.16. The lowest BCUT2D eigenvalue weighted by atomic mass is 10.5. The Labute approximate surface area is 105 Å². The van der Waals surface area contributed by atoms with E-state index in [0.717, 1.165) is 11.0 Å². The molecule has 0 fully saturated rings. The van der Waals surface area contributed by atoms with Crippen LogP contribution >= 0.6 is 0 Å². The second-order valence-electron chi connectivity index (χ2n) is 4.18. The Morgan fingerprint density at radius 1 is 1.06 bits per heavy atom. The summed E-state index contributed by atoms with van der Waals surface area (Å²) in [7, 11) is 1.86. The molecule has 0 aliphatic carbocycles. The lowest BCUT2D eigenvalue weighted by Crippen LogP contribution is -2.39. The van der Waals surface area contributed by atoms with Crippen LogP contribution in [-0.4, -0.2) is 45.8 Å². The molecule has 0 radical (unpaired) electrons. The number of aliphatic hydroxyl groups excluding tert-OH is 2. The Morgan fingerprint density at radius 2 is 1.61 bits per heavy atom. The van der Waals surface area contributed by atoms with Crippen LogP contribution in [0.5, 0.6) is 0 Å². The lowest BCUT2D eigenvalue weighted by molar-refractivity contribution is 0.267. The van der Waals surface area contributed by atoms with E-state index in [0.29, 0.717) is 24.7 Å². The van der Waals surface area contributed by atoms with Gasteiger partial charge in [-0.3, -0.25) is 0 Å². The molecule has 0 aliphatic heterocycles. The van der Waals surface area contributed by atoms with E-state index >= 15 is 0 Å². The maximum atomic E-state index is 9.08. The van der Waals surface area contributed by atoms with Crippen molar-refractivity contribution in [3.8, 4) is 0 Å². The van der Waals surface area contributed by atoms with Crippen molar-refractivity contribution in [1.29, 1.82) is 0 Å². The van der Waals surface area contributed by atoms with Crippen molar-refractivity contribution >= 4 is 22.7 Å². The van der Waals surface area contributed by atoms with Gasteiger partial charge in [0.25, 0.3) is 0 Å². The molecule has 0 atom stereocenters. The molecule has 7 heteroatoms. The van der Waals surface area contributed by atoms with Crippen molar-refractivity contribution in [1.82, 2.24) is 9.24 Å². The third kappa shape index (κ3) is 1.87. The average Bonchev–Trinajstić information content (AvgIpc) is 2.77. The summed E-state index contributed by atoms with van der Waals surface area (Å²) < 4.78 is 3.62. The Balaban J connectivity index is 2.53. The monoisotopic (exact) mass is 253 g/mol. The van der Waals surface area contributed by atoms with E-state index in [4.69, 9.17) is 21.7 Å². The molecule has 2 aromatic rings. The van der Waals surface area contributed by atoms with E-state index in [-0.39, 0.29) is 13.2 Å². The number of nitrogens with zero attached hydrogens (tertiary/aromatic N) is 3. The molecule has 2 heterocycles. The van der Waals surface area contributed by atoms with E-state index in [2.05, 4.69) is 0 Å². The highest BCUT2D eigenvalue weighted by Crippen LogP contribution is 2.26. The van der Waals surface area contributed by atoms with Crippen molar-refractivity contribution in [2.45, 2.75) is 0 Å². The summed E-state index contributed by atoms with van der Waals surface area (Å²) in [5.74, 6) is 1.19. The zero-order chi connectivity index (χ0) is 13.3. The number of hydrogen-bond donors (Lipinski definition) is 4. The first-order valence-corrected chi connectivity index (χ1v) is 5.79. The molecule has 0 bridgehead atoms. The van der Waals surface area contributed by atoms with Crippen molar-refractivity contribution < 1.29 is 10.2 Å². The maximum absolute atomic E-state index is 9.08. The molecule has 2 rings (SSSR count). The number of nitrogen functional groups attached to an aromatic ring is 2. The van der Waals surface area contributed by atoms with Crippen LogP contribution in [0.25, 0.3) is 11.0 Å². The van der Waals surface area contributed by atoms with Crippen LogP contribution in [0.3, 0.4) is 0 Å². The summed E-state index contributed by atoms with van der Waals surface area (Å²) in [5.41, 5.74) is 13.6. The fourth-order valence-electron chi connectivity index (χ4n) is 2.16. The van der Waals surface area contributed by atoms with Gasteiger partial charge in [-0.2, -0.15) is 0 Å². The second kappa shape index (κ2) is 4.79. The zero-order valence-corrected chi connectivity index (χ0v) is 10.4. The summed E-state index contributed by atoms with van der Waals surface area (Å²) >= 11 is 0. The van der Waals surface area contributed by atoms with Crippen molar-refractivity contribution in [3.63, 3.8) is 0 Å². The van der Waals surface area contributed by atoms with E-state index in [9.17, 15) is 0 Å². The molecular weight excluding hydrogens is 234 g/mol. The van der Waals surface area contributed by atoms with Crippen molar-refractivity contribution in [2.75, 3.05) is 42.8 Å². The molecule has 0 aliphatic rings. The van der Waals surface area contributed by atoms with Crippen molar-refractivity contribution in [3.05, 3.63) is 12.1 Å². The standard InChI is InChI=1S/C11H19N5O2/c1-14-8-6-11(13)16(9(8)7-10(14)12)15(2-4-17)3-5-18/h6-7,17-18H,2-5,12-13H2,1H3. The molecule has 7 nitrogen and oxygen atoms in total. The molecule has 2 aromatic heterocycles. The number of fused-ring (bicyclic) bond motifs is 1. The summed E-state index contributed by atoms with van der Waals surface area (Å²) in [6, 6.07) is 3.65. The van der Waals surface area contributed by atoms with Gasteiger partial charge in [0.15, 0.2) is 0 Å². The molecule has 6 N–H and O–H groups in total. The van der Waals surface area contributed by atoms with Gasteiger partial charge >= 0.3 is 0 Å². The highest BCUT2D eigenvalue weighted by molar-refractivity contribution is 5.86. The number of rotatable bonds is 5. The van der Waals surface area contributed by atoms with Gasteiger partial charge in [0.2, 0.25) is 0 Å². The van der Waals surface area contributed by atoms with Crippen LogP contribution in [0.2, 0.25) is 0 Å². The summed E-state index contributed by atoms with van der Waals surface area (Å²) in [6.07, 6.45) is 0. The lowest BCUT2D eigenvalue weighted by Gasteiger charge is -2.26. The molecular formula is C11H19N5O2. The predicted molar refractivity (Wildman–Crippen MR) is 71.9 cm³/mol. The molecule has 0 spiro atoms. The minimum absolute atomic E-state index is 0.0125. The van der Waals surface area contributed by atoms with Gasteiger partial charge < -0.3 is 31.3 Å². The Morgan fingerprint density at radius 3 is 2.17 bits per heavy atom. The SMILES string of the molecule is Cn1c(N)cc2c1cc(N)n2N(CCO)CCO. The van der Waals surface area contributed by atoms with Crippen LogP contribution in [0.15, 0.2) is 12.1 Å². The molecule has 18 heavy (non-hydrogen) atoms. The van der Waals surface area contributed by atoms with Gasteiger partial charge in [-0.25, -0.2) is 4.68 Å². The summed E-state index contributed by atoms with van der Waals surface area (Å²) in [4.78, 5) is 0. The zero-order valence-electron chi connectivity index (χ0n) is 10.4. The first-order valence-electron chi connectivity index (χ1n) is 5.79. The Bertz CT molecular complexity index is 539. The second-order valence-corrected chi connectivity index (χ2v) is 4.18. The Kier molecular flexibility index (Phi) is 3.35. The molecule has 0 saturated carbocycles. The number of aromatic nitrogens is 2. The fraction of sp³-hybridized carbons (Fsp3) is 0.455. The van der Waals surface area contributed by atoms with Crippen LogP contribution in [0, 0.1) is 0 Å². The normalized spacial score (nSPS) is 11.3. The molecule has 0 amide bonds. The van der Waals surface area contributed by atoms with E-state index < -0.39 is 0 Å². The van der Waals surface area contributed by atoms with Crippen LogP contribution < -0.4 is 16.5 Å². The number of anilines is 2. The predicted octanol–water partition coefficient (Wildman–Crippen LogP) is -0.933. The smallest absolute Gasteiger partial charge is 0.125 e. The topological polar surface area (TPSA) is 106 Å². The molecule has 100 valence electrons. The minimum atomic E-state index is -0.0125. The largest absolute Gasteiger partial charge is 0.394 e. The average molecular weight is 253 g/mol. The third-order valence-corrected chi connectivity index (χ3v) is 3.05. The number of hydrogen-bond acceptors (Lipinski definition) is 5. The van der Waals surface area contributed by atoms with Gasteiger partial charge in [0.1, 0.15) is 11.6 Å². The van der Waals surface area contributed by atoms with E-state index in [1.54, 1.807) is 9.69 Å². The minimum Gasteiger partial charge on any atom is -0.394 e. The highest BCUT2D eigenvalue weighted by atomic mass is 16.3. The summed E-state index contributed by atoms with van der Waals surface area (Å²) in [6.45, 7) is 0.759.